The third-order valence-electron chi connectivity index (χ3n) is 6.03. The van der Waals surface area contributed by atoms with Gasteiger partial charge in [0.05, 0.1) is 18.3 Å². The van der Waals surface area contributed by atoms with Gasteiger partial charge in [0, 0.05) is 34.8 Å². The lowest BCUT2D eigenvalue weighted by atomic mass is 9.96. The van der Waals surface area contributed by atoms with E-state index >= 15 is 0 Å². The number of amides is 1. The molecule has 1 aliphatic heterocycles. The molecule has 1 N–H and O–H groups in total. The van der Waals surface area contributed by atoms with E-state index in [1.54, 1.807) is 7.11 Å². The molecule has 0 spiro atoms. The van der Waals surface area contributed by atoms with Gasteiger partial charge >= 0.3 is 0 Å². The molecular formula is C27H23Cl2N3O3. The zero-order valence-corrected chi connectivity index (χ0v) is 20.5. The van der Waals surface area contributed by atoms with E-state index in [4.69, 9.17) is 32.7 Å². The highest BCUT2D eigenvalue weighted by Crippen LogP contribution is 2.43. The number of hydrogen-bond acceptors (Lipinski definition) is 4. The number of benzene rings is 3. The largest absolute Gasteiger partial charge is 0.489 e. The summed E-state index contributed by atoms with van der Waals surface area (Å²) in [6.07, 6.45) is 0. The fraction of sp³-hybridized carbons (Fsp3) is 0.185. The number of methoxy groups -OCH3 is 1. The van der Waals surface area contributed by atoms with Gasteiger partial charge in [-0.15, -0.1) is 0 Å². The summed E-state index contributed by atoms with van der Waals surface area (Å²) < 4.78 is 11.2. The predicted molar refractivity (Wildman–Crippen MR) is 136 cm³/mol. The standard InChI is InChI=1S/C27H23Cl2N3O3/c1-34-15-14-32-26(19-6-12-22(13-7-19)35-16-17-2-8-20(28)9-3-17)23-24(30-31-25(23)27(32)33)18-4-10-21(29)11-5-18/h2-13,26H,14-16H2,1H3,(H,30,31). The molecule has 178 valence electrons. The molecule has 2 heterocycles. The summed E-state index contributed by atoms with van der Waals surface area (Å²) in [6, 6.07) is 22.5. The zero-order chi connectivity index (χ0) is 24.4. The van der Waals surface area contributed by atoms with Crippen LogP contribution in [0, 0.1) is 0 Å². The van der Waals surface area contributed by atoms with Crippen molar-refractivity contribution in [2.45, 2.75) is 12.6 Å². The molecule has 0 saturated carbocycles. The zero-order valence-electron chi connectivity index (χ0n) is 19.0. The third kappa shape index (κ3) is 4.78. The number of hydrogen-bond donors (Lipinski definition) is 1. The fourth-order valence-electron chi connectivity index (χ4n) is 4.28. The van der Waals surface area contributed by atoms with Crippen molar-refractivity contribution in [2.24, 2.45) is 0 Å². The maximum Gasteiger partial charge on any atom is 0.273 e. The Morgan fingerprint density at radius 3 is 2.26 bits per heavy atom. The monoisotopic (exact) mass is 507 g/mol. The van der Waals surface area contributed by atoms with Gasteiger partial charge in [0.2, 0.25) is 0 Å². The molecule has 0 fully saturated rings. The van der Waals surface area contributed by atoms with Crippen LogP contribution in [0.5, 0.6) is 5.75 Å². The number of aromatic nitrogens is 2. The van der Waals surface area contributed by atoms with Crippen LogP contribution in [0.2, 0.25) is 10.0 Å². The van der Waals surface area contributed by atoms with Crippen LogP contribution in [0.25, 0.3) is 11.3 Å². The maximum absolute atomic E-state index is 13.3. The minimum Gasteiger partial charge on any atom is -0.489 e. The Kier molecular flexibility index (Phi) is 6.77. The molecule has 1 aromatic heterocycles. The Hall–Kier alpha value is -3.32. The van der Waals surface area contributed by atoms with Gasteiger partial charge in [-0.25, -0.2) is 0 Å². The first-order valence-corrected chi connectivity index (χ1v) is 11.9. The van der Waals surface area contributed by atoms with Gasteiger partial charge < -0.3 is 14.4 Å². The molecule has 4 aromatic rings. The number of aromatic amines is 1. The Balaban J connectivity index is 1.45. The summed E-state index contributed by atoms with van der Waals surface area (Å²) >= 11 is 12.0. The minimum absolute atomic E-state index is 0.0992. The summed E-state index contributed by atoms with van der Waals surface area (Å²) in [5.74, 6) is 0.639. The Morgan fingerprint density at radius 1 is 0.943 bits per heavy atom. The molecule has 1 aliphatic rings. The van der Waals surface area contributed by atoms with Gasteiger partial charge in [-0.05, 0) is 47.5 Å². The van der Waals surface area contributed by atoms with E-state index in [0.717, 1.165) is 33.7 Å². The molecule has 5 rings (SSSR count). The average Bonchev–Trinajstić information content (AvgIpc) is 3.42. The molecule has 1 unspecified atom stereocenters. The van der Waals surface area contributed by atoms with Gasteiger partial charge in [-0.1, -0.05) is 59.6 Å². The maximum atomic E-state index is 13.3. The van der Waals surface area contributed by atoms with Gasteiger partial charge in [-0.2, -0.15) is 5.10 Å². The number of halogens is 2. The number of nitrogens with one attached hydrogen (secondary N) is 1. The smallest absolute Gasteiger partial charge is 0.273 e. The van der Waals surface area contributed by atoms with Gasteiger partial charge in [0.1, 0.15) is 18.1 Å². The normalized spacial score (nSPS) is 14.9. The molecule has 0 bridgehead atoms. The average molecular weight is 508 g/mol. The molecule has 1 atom stereocenters. The van der Waals surface area contributed by atoms with Gasteiger partial charge in [0.15, 0.2) is 0 Å². The van der Waals surface area contributed by atoms with Crippen molar-refractivity contribution in [3.8, 4) is 17.0 Å². The summed E-state index contributed by atoms with van der Waals surface area (Å²) in [6.45, 7) is 1.32. The van der Waals surface area contributed by atoms with Crippen LogP contribution in [0.1, 0.15) is 33.2 Å². The first kappa shape index (κ1) is 23.4. The Bertz CT molecular complexity index is 1320. The lowest BCUT2D eigenvalue weighted by Gasteiger charge is -2.26. The molecule has 35 heavy (non-hydrogen) atoms. The van der Waals surface area contributed by atoms with Crippen molar-refractivity contribution < 1.29 is 14.3 Å². The van der Waals surface area contributed by atoms with Crippen molar-refractivity contribution >= 4 is 29.1 Å². The second-order valence-corrected chi connectivity index (χ2v) is 9.12. The summed E-state index contributed by atoms with van der Waals surface area (Å²) in [4.78, 5) is 15.1. The molecule has 0 saturated heterocycles. The van der Waals surface area contributed by atoms with Crippen molar-refractivity contribution in [2.75, 3.05) is 20.3 Å². The molecule has 0 aliphatic carbocycles. The predicted octanol–water partition coefficient (Wildman–Crippen LogP) is 6.15. The van der Waals surface area contributed by atoms with Crippen LogP contribution in [0.4, 0.5) is 0 Å². The number of carbonyl (C=O) groups is 1. The number of carbonyl (C=O) groups excluding carboxylic acids is 1. The topological polar surface area (TPSA) is 67.5 Å². The highest BCUT2D eigenvalue weighted by atomic mass is 35.5. The molecule has 6 nitrogen and oxygen atoms in total. The van der Waals surface area contributed by atoms with E-state index in [1.165, 1.54) is 0 Å². The van der Waals surface area contributed by atoms with Crippen LogP contribution >= 0.6 is 23.2 Å². The molecule has 3 aromatic carbocycles. The van der Waals surface area contributed by atoms with E-state index < -0.39 is 0 Å². The van der Waals surface area contributed by atoms with E-state index in [0.29, 0.717) is 35.5 Å². The molecule has 0 radical (unpaired) electrons. The van der Waals surface area contributed by atoms with Crippen LogP contribution in [0.15, 0.2) is 72.8 Å². The second-order valence-electron chi connectivity index (χ2n) is 8.25. The van der Waals surface area contributed by atoms with Gasteiger partial charge in [0.25, 0.3) is 5.91 Å². The highest BCUT2D eigenvalue weighted by molar-refractivity contribution is 6.30. The lowest BCUT2D eigenvalue weighted by Crippen LogP contribution is -2.32. The van der Waals surface area contributed by atoms with E-state index in [1.807, 2.05) is 77.7 Å². The second kappa shape index (κ2) is 10.1. The van der Waals surface area contributed by atoms with Crippen LogP contribution < -0.4 is 4.74 Å². The molecule has 1 amide bonds. The number of H-pyrrole nitrogens is 1. The molecule has 8 heteroatoms. The minimum atomic E-state index is -0.303. The quantitative estimate of drug-likeness (QED) is 0.310. The summed E-state index contributed by atoms with van der Waals surface area (Å²) in [5, 5.41) is 8.78. The third-order valence-corrected chi connectivity index (χ3v) is 6.54. The van der Waals surface area contributed by atoms with E-state index in [-0.39, 0.29) is 11.9 Å². The van der Waals surface area contributed by atoms with Crippen molar-refractivity contribution in [3.63, 3.8) is 0 Å². The van der Waals surface area contributed by atoms with Crippen molar-refractivity contribution in [1.82, 2.24) is 15.1 Å². The lowest BCUT2D eigenvalue weighted by molar-refractivity contribution is 0.0677. The highest BCUT2D eigenvalue weighted by Gasteiger charge is 2.41. The van der Waals surface area contributed by atoms with Crippen LogP contribution in [-0.2, 0) is 11.3 Å². The Morgan fingerprint density at radius 2 is 1.60 bits per heavy atom. The van der Waals surface area contributed by atoms with Gasteiger partial charge in [-0.3, -0.25) is 9.89 Å². The van der Waals surface area contributed by atoms with E-state index in [9.17, 15) is 4.79 Å². The molecular weight excluding hydrogens is 485 g/mol. The fourth-order valence-corrected chi connectivity index (χ4v) is 4.54. The van der Waals surface area contributed by atoms with Crippen molar-refractivity contribution in [1.29, 1.82) is 0 Å². The number of fused-ring (bicyclic) bond motifs is 1. The first-order valence-electron chi connectivity index (χ1n) is 11.2. The van der Waals surface area contributed by atoms with E-state index in [2.05, 4.69) is 10.2 Å². The van der Waals surface area contributed by atoms with Crippen LogP contribution in [0.3, 0.4) is 0 Å². The number of rotatable bonds is 8. The first-order chi connectivity index (χ1) is 17.0. The van der Waals surface area contributed by atoms with Crippen molar-refractivity contribution in [3.05, 3.63) is 105 Å². The summed E-state index contributed by atoms with van der Waals surface area (Å²) in [7, 11) is 1.63. The summed E-state index contributed by atoms with van der Waals surface area (Å²) in [5.41, 5.74) is 4.96. The number of ether oxygens (including phenoxy) is 2. The number of nitrogens with zero attached hydrogens (tertiary/aromatic N) is 2. The van der Waals surface area contributed by atoms with Crippen LogP contribution in [-0.4, -0.2) is 41.3 Å². The SMILES string of the molecule is COCCN1C(=O)c2[nH]nc(-c3ccc(Cl)cc3)c2C1c1ccc(OCc2ccc(Cl)cc2)cc1. The Labute approximate surface area is 213 Å².